The lowest BCUT2D eigenvalue weighted by Crippen LogP contribution is -2.11. The molecule has 1 heterocycles. The summed E-state index contributed by atoms with van der Waals surface area (Å²) in [5.41, 5.74) is 19.0. The molecule has 2 nitrogen and oxygen atoms in total. The van der Waals surface area contributed by atoms with E-state index in [4.69, 9.17) is 4.42 Å². The zero-order valence-corrected chi connectivity index (χ0v) is 34.0. The van der Waals surface area contributed by atoms with E-state index >= 15 is 0 Å². The molecule has 0 unspecified atom stereocenters. The van der Waals surface area contributed by atoms with E-state index in [1.807, 2.05) is 12.1 Å². The molecule has 0 radical (unpaired) electrons. The largest absolute Gasteiger partial charge is 0.455 e. The Morgan fingerprint density at radius 3 is 1.19 bits per heavy atom. The molecule has 0 spiro atoms. The highest BCUT2D eigenvalue weighted by molar-refractivity contribution is 6.09. The van der Waals surface area contributed by atoms with Crippen molar-refractivity contribution in [3.8, 4) is 66.8 Å². The Morgan fingerprint density at radius 1 is 0.242 bits per heavy atom. The Kier molecular flexibility index (Phi) is 9.57. The van der Waals surface area contributed by atoms with Crippen molar-refractivity contribution in [2.75, 3.05) is 4.90 Å². The lowest BCUT2D eigenvalue weighted by molar-refractivity contribution is 0.670. The van der Waals surface area contributed by atoms with Crippen molar-refractivity contribution in [3.63, 3.8) is 0 Å². The number of furan rings is 1. The maximum Gasteiger partial charge on any atom is 0.143 e. The molecule has 0 saturated heterocycles. The standard InChI is InChI=1S/C60H41NO/c1-3-18-42(19-4-1)48-22-7-8-23-49(48)44-34-38-46(39-35-44)61(47-40-36-45(37-41-47)51-30-17-31-57-56-29-14-16-33-59(56)62-60(51)57)58-32-15-13-28-55(58)54-27-12-11-26-53(54)52-25-10-9-24-50(52)43-20-5-2-6-21-43/h1-41H. The summed E-state index contributed by atoms with van der Waals surface area (Å²) in [6.45, 7) is 0. The number of rotatable bonds is 9. The van der Waals surface area contributed by atoms with Crippen molar-refractivity contribution in [2.24, 2.45) is 0 Å². The van der Waals surface area contributed by atoms with Gasteiger partial charge in [-0.05, 0) is 92.0 Å². The van der Waals surface area contributed by atoms with Crippen molar-refractivity contribution in [1.82, 2.24) is 0 Å². The molecule has 11 rings (SSSR count). The first-order valence-electron chi connectivity index (χ1n) is 21.2. The fourth-order valence-electron chi connectivity index (χ4n) is 9.02. The molecule has 0 aliphatic heterocycles. The molecule has 0 amide bonds. The van der Waals surface area contributed by atoms with Crippen molar-refractivity contribution in [2.45, 2.75) is 0 Å². The van der Waals surface area contributed by atoms with E-state index in [9.17, 15) is 0 Å². The second-order valence-electron chi connectivity index (χ2n) is 15.6. The number of benzene rings is 10. The highest BCUT2D eigenvalue weighted by Gasteiger charge is 2.21. The van der Waals surface area contributed by atoms with E-state index in [0.717, 1.165) is 61.3 Å². The van der Waals surface area contributed by atoms with Crippen molar-refractivity contribution < 1.29 is 4.42 Å². The molecule has 292 valence electrons. The van der Waals surface area contributed by atoms with Gasteiger partial charge in [0.15, 0.2) is 0 Å². The molecule has 0 N–H and O–H groups in total. The minimum absolute atomic E-state index is 0.899. The quantitative estimate of drug-likeness (QED) is 0.145. The van der Waals surface area contributed by atoms with E-state index in [2.05, 4.69) is 241 Å². The van der Waals surface area contributed by atoms with Gasteiger partial charge in [-0.2, -0.15) is 0 Å². The SMILES string of the molecule is c1ccc(-c2ccccc2-c2ccc(N(c3ccc(-c4cccc5c4oc4ccccc45)cc3)c3ccccc3-c3ccccc3-c3ccccc3-c3ccccc3)cc2)cc1. The molecule has 0 aliphatic carbocycles. The molecule has 0 saturated carbocycles. The Labute approximate surface area is 362 Å². The van der Waals surface area contributed by atoms with Gasteiger partial charge in [-0.25, -0.2) is 0 Å². The van der Waals surface area contributed by atoms with Gasteiger partial charge < -0.3 is 9.32 Å². The minimum atomic E-state index is 0.899. The number of fused-ring (bicyclic) bond motifs is 3. The monoisotopic (exact) mass is 791 g/mol. The van der Waals surface area contributed by atoms with E-state index in [1.54, 1.807) is 0 Å². The van der Waals surface area contributed by atoms with Crippen LogP contribution in [0.5, 0.6) is 0 Å². The van der Waals surface area contributed by atoms with Crippen LogP contribution < -0.4 is 4.90 Å². The maximum atomic E-state index is 6.48. The van der Waals surface area contributed by atoms with Gasteiger partial charge in [-0.3, -0.25) is 0 Å². The van der Waals surface area contributed by atoms with Crippen molar-refractivity contribution in [1.29, 1.82) is 0 Å². The molecule has 0 bridgehead atoms. The summed E-state index contributed by atoms with van der Waals surface area (Å²) in [5, 5.41) is 2.25. The summed E-state index contributed by atoms with van der Waals surface area (Å²) in [4.78, 5) is 2.40. The van der Waals surface area contributed by atoms with Crippen LogP contribution >= 0.6 is 0 Å². The summed E-state index contributed by atoms with van der Waals surface area (Å²) in [6.07, 6.45) is 0. The van der Waals surface area contributed by atoms with Gasteiger partial charge in [0.2, 0.25) is 0 Å². The predicted octanol–water partition coefficient (Wildman–Crippen LogP) is 17.1. The zero-order chi connectivity index (χ0) is 41.2. The Morgan fingerprint density at radius 2 is 0.613 bits per heavy atom. The highest BCUT2D eigenvalue weighted by atomic mass is 16.3. The smallest absolute Gasteiger partial charge is 0.143 e. The number of para-hydroxylation sites is 3. The summed E-state index contributed by atoms with van der Waals surface area (Å²) in [5.74, 6) is 0. The third kappa shape index (κ3) is 6.74. The van der Waals surface area contributed by atoms with Crippen molar-refractivity contribution in [3.05, 3.63) is 249 Å². The van der Waals surface area contributed by atoms with Crippen LogP contribution in [0.15, 0.2) is 253 Å². The van der Waals surface area contributed by atoms with Crippen LogP contribution in [-0.2, 0) is 0 Å². The van der Waals surface area contributed by atoms with E-state index in [1.165, 1.54) is 44.5 Å². The maximum absolute atomic E-state index is 6.48. The fourth-order valence-corrected chi connectivity index (χ4v) is 9.02. The molecule has 0 fully saturated rings. The van der Waals surface area contributed by atoms with Crippen LogP contribution in [0, 0.1) is 0 Å². The van der Waals surface area contributed by atoms with Crippen molar-refractivity contribution >= 4 is 39.0 Å². The van der Waals surface area contributed by atoms with Crippen LogP contribution in [0.4, 0.5) is 17.1 Å². The van der Waals surface area contributed by atoms with Gasteiger partial charge in [-0.1, -0.05) is 212 Å². The molecule has 1 aromatic heterocycles. The zero-order valence-electron chi connectivity index (χ0n) is 34.0. The first-order valence-corrected chi connectivity index (χ1v) is 21.2. The number of nitrogens with zero attached hydrogens (tertiary/aromatic N) is 1. The van der Waals surface area contributed by atoms with Crippen LogP contribution in [-0.4, -0.2) is 0 Å². The minimum Gasteiger partial charge on any atom is -0.455 e. The highest BCUT2D eigenvalue weighted by Crippen LogP contribution is 2.46. The molecule has 0 aliphatic rings. The normalized spacial score (nSPS) is 11.2. The third-order valence-corrected chi connectivity index (χ3v) is 12.0. The summed E-state index contributed by atoms with van der Waals surface area (Å²) < 4.78 is 6.48. The van der Waals surface area contributed by atoms with E-state index in [-0.39, 0.29) is 0 Å². The number of hydrogen-bond acceptors (Lipinski definition) is 2. The van der Waals surface area contributed by atoms with Gasteiger partial charge >= 0.3 is 0 Å². The second-order valence-corrected chi connectivity index (χ2v) is 15.6. The van der Waals surface area contributed by atoms with Gasteiger partial charge in [0, 0.05) is 33.3 Å². The van der Waals surface area contributed by atoms with Crippen LogP contribution in [0.3, 0.4) is 0 Å². The summed E-state index contributed by atoms with van der Waals surface area (Å²) in [6, 6.07) is 89.0. The predicted molar refractivity (Wildman–Crippen MR) is 261 cm³/mol. The summed E-state index contributed by atoms with van der Waals surface area (Å²) in [7, 11) is 0. The first-order chi connectivity index (χ1) is 30.8. The van der Waals surface area contributed by atoms with Crippen LogP contribution in [0.1, 0.15) is 0 Å². The average Bonchev–Trinajstić information content (AvgIpc) is 3.74. The molecule has 10 aromatic carbocycles. The Bertz CT molecular complexity index is 3330. The topological polar surface area (TPSA) is 16.4 Å². The summed E-state index contributed by atoms with van der Waals surface area (Å²) >= 11 is 0. The fraction of sp³-hybridized carbons (Fsp3) is 0. The molecular formula is C60H41NO. The number of anilines is 3. The molecule has 62 heavy (non-hydrogen) atoms. The molecule has 11 aromatic rings. The van der Waals surface area contributed by atoms with Gasteiger partial charge in [-0.15, -0.1) is 0 Å². The lowest BCUT2D eigenvalue weighted by Gasteiger charge is -2.29. The lowest BCUT2D eigenvalue weighted by atomic mass is 9.88. The van der Waals surface area contributed by atoms with Gasteiger partial charge in [0.1, 0.15) is 11.2 Å². The number of hydrogen-bond donors (Lipinski definition) is 0. The first kappa shape index (κ1) is 36.8. The van der Waals surface area contributed by atoms with E-state index < -0.39 is 0 Å². The Balaban J connectivity index is 1.06. The second kappa shape index (κ2) is 16.1. The molecule has 0 atom stereocenters. The van der Waals surface area contributed by atoms with Gasteiger partial charge in [0.05, 0.1) is 5.69 Å². The average molecular weight is 792 g/mol. The molecular weight excluding hydrogens is 751 g/mol. The molecule has 2 heteroatoms. The Hall–Kier alpha value is -8.20. The van der Waals surface area contributed by atoms with E-state index in [0.29, 0.717) is 0 Å². The van der Waals surface area contributed by atoms with Gasteiger partial charge in [0.25, 0.3) is 0 Å². The van der Waals surface area contributed by atoms with Crippen LogP contribution in [0.25, 0.3) is 88.7 Å². The third-order valence-electron chi connectivity index (χ3n) is 12.0. The van der Waals surface area contributed by atoms with Crippen LogP contribution in [0.2, 0.25) is 0 Å².